The van der Waals surface area contributed by atoms with Crippen LogP contribution in [0.25, 0.3) is 0 Å². The molecule has 0 aromatic rings. The van der Waals surface area contributed by atoms with Gasteiger partial charge >= 0.3 is 5.97 Å². The van der Waals surface area contributed by atoms with E-state index < -0.39 is 23.3 Å². The number of aliphatic carboxylic acids is 1. The molecule has 2 rings (SSSR count). The summed E-state index contributed by atoms with van der Waals surface area (Å²) in [7, 11) is 0. The minimum absolute atomic E-state index is 0.0612. The molecule has 2 saturated heterocycles. The van der Waals surface area contributed by atoms with Crippen molar-refractivity contribution in [1.29, 1.82) is 0 Å². The smallest absolute Gasteiger partial charge is 0.327 e. The van der Waals surface area contributed by atoms with Crippen LogP contribution in [-0.4, -0.2) is 56.3 Å². The third-order valence-electron chi connectivity index (χ3n) is 4.09. The summed E-state index contributed by atoms with van der Waals surface area (Å²) >= 11 is 5.77. The van der Waals surface area contributed by atoms with Crippen molar-refractivity contribution in [2.75, 3.05) is 5.75 Å². The van der Waals surface area contributed by atoms with Gasteiger partial charge in [-0.2, -0.15) is 12.6 Å². The van der Waals surface area contributed by atoms with Gasteiger partial charge < -0.3 is 15.3 Å². The lowest BCUT2D eigenvalue weighted by molar-refractivity contribution is -0.150. The summed E-state index contributed by atoms with van der Waals surface area (Å²) in [5.41, 5.74) is 0. The highest BCUT2D eigenvalue weighted by molar-refractivity contribution is 8.00. The number of amides is 2. The molecule has 2 fully saturated rings. The minimum atomic E-state index is -0.982. The van der Waals surface area contributed by atoms with Crippen LogP contribution in [-0.2, 0) is 14.4 Å². The number of thioether (sulfide) groups is 1. The number of carbonyl (C=O) groups is 3. The predicted molar refractivity (Wildman–Crippen MR) is 87.9 cm³/mol. The molecule has 0 radical (unpaired) electrons. The van der Waals surface area contributed by atoms with Gasteiger partial charge in [0.25, 0.3) is 0 Å². The zero-order chi connectivity index (χ0) is 16.4. The number of nitrogens with one attached hydrogen (secondary N) is 1. The molecule has 6 nitrogen and oxygen atoms in total. The highest BCUT2D eigenvalue weighted by Gasteiger charge is 2.45. The maximum absolute atomic E-state index is 12.7. The van der Waals surface area contributed by atoms with E-state index >= 15 is 0 Å². The second kappa shape index (κ2) is 7.12. The summed E-state index contributed by atoms with van der Waals surface area (Å²) in [4.78, 5) is 37.6. The second-order valence-electron chi connectivity index (χ2n) is 6.07. The molecule has 2 N–H and O–H groups in total. The number of nitrogens with zero attached hydrogens (tertiary/aromatic N) is 1. The Balaban J connectivity index is 2.11. The Hall–Kier alpha value is -0.890. The third kappa shape index (κ3) is 3.53. The first kappa shape index (κ1) is 17.5. The Labute approximate surface area is 139 Å². The topological polar surface area (TPSA) is 86.7 Å². The molecule has 2 amide bonds. The zero-order valence-electron chi connectivity index (χ0n) is 12.7. The molecule has 0 spiro atoms. The van der Waals surface area contributed by atoms with Gasteiger partial charge in [-0.1, -0.05) is 13.8 Å². The van der Waals surface area contributed by atoms with Gasteiger partial charge in [0.1, 0.15) is 12.1 Å². The molecular formula is C14H22N2O4S2. The molecule has 0 aromatic heterocycles. The number of carboxylic acid groups (broad SMARTS) is 1. The minimum Gasteiger partial charge on any atom is -0.480 e. The Morgan fingerprint density at radius 2 is 2.09 bits per heavy atom. The van der Waals surface area contributed by atoms with Gasteiger partial charge in [0, 0.05) is 5.75 Å². The quantitative estimate of drug-likeness (QED) is 0.660. The molecule has 0 aliphatic carbocycles. The van der Waals surface area contributed by atoms with E-state index in [0.717, 1.165) is 12.8 Å². The first-order valence-electron chi connectivity index (χ1n) is 7.48. The van der Waals surface area contributed by atoms with Crippen molar-refractivity contribution < 1.29 is 19.5 Å². The second-order valence-corrected chi connectivity index (χ2v) is 7.84. The number of hydrogen-bond acceptors (Lipinski definition) is 5. The molecule has 2 aliphatic heterocycles. The molecule has 4 atom stereocenters. The van der Waals surface area contributed by atoms with Crippen LogP contribution < -0.4 is 5.32 Å². The summed E-state index contributed by atoms with van der Waals surface area (Å²) in [6.45, 7) is 3.78. The van der Waals surface area contributed by atoms with Crippen molar-refractivity contribution in [3.8, 4) is 0 Å². The van der Waals surface area contributed by atoms with E-state index in [1.54, 1.807) is 0 Å². The Morgan fingerprint density at radius 3 is 2.68 bits per heavy atom. The van der Waals surface area contributed by atoms with E-state index in [0.29, 0.717) is 12.2 Å². The van der Waals surface area contributed by atoms with Gasteiger partial charge in [0.2, 0.25) is 11.8 Å². The highest BCUT2D eigenvalue weighted by Crippen LogP contribution is 2.35. The molecule has 124 valence electrons. The molecule has 22 heavy (non-hydrogen) atoms. The normalized spacial score (nSPS) is 29.9. The van der Waals surface area contributed by atoms with Crippen LogP contribution in [0.4, 0.5) is 0 Å². The summed E-state index contributed by atoms with van der Waals surface area (Å²) in [5.74, 6) is -1.06. The van der Waals surface area contributed by atoms with Crippen molar-refractivity contribution in [1.82, 2.24) is 10.2 Å². The average Bonchev–Trinajstić information content (AvgIpc) is 2.82. The number of carboxylic acids is 1. The maximum atomic E-state index is 12.7. The maximum Gasteiger partial charge on any atom is 0.327 e. The van der Waals surface area contributed by atoms with Gasteiger partial charge in [-0.05, 0) is 25.2 Å². The first-order chi connectivity index (χ1) is 10.3. The highest BCUT2D eigenvalue weighted by atomic mass is 32.2. The van der Waals surface area contributed by atoms with Crippen LogP contribution in [0, 0.1) is 5.92 Å². The number of carbonyl (C=O) groups excluding carboxylic acids is 2. The van der Waals surface area contributed by atoms with Crippen LogP contribution >= 0.6 is 24.4 Å². The molecule has 0 unspecified atom stereocenters. The van der Waals surface area contributed by atoms with E-state index in [-0.39, 0.29) is 23.1 Å². The lowest BCUT2D eigenvalue weighted by atomic mass is 10.1. The summed E-state index contributed by atoms with van der Waals surface area (Å²) in [6, 6.07) is -1.44. The van der Waals surface area contributed by atoms with Crippen LogP contribution in [0.1, 0.15) is 33.1 Å². The fourth-order valence-electron chi connectivity index (χ4n) is 2.77. The molecular weight excluding hydrogens is 324 g/mol. The van der Waals surface area contributed by atoms with Crippen LogP contribution in [0.2, 0.25) is 0 Å². The van der Waals surface area contributed by atoms with Crippen molar-refractivity contribution in [3.05, 3.63) is 0 Å². The third-order valence-corrected chi connectivity index (χ3v) is 6.28. The van der Waals surface area contributed by atoms with Crippen molar-refractivity contribution in [3.63, 3.8) is 0 Å². The Kier molecular flexibility index (Phi) is 5.65. The number of hydrogen-bond donors (Lipinski definition) is 3. The lowest BCUT2D eigenvalue weighted by Gasteiger charge is -2.28. The lowest BCUT2D eigenvalue weighted by Crippen LogP contribution is -2.54. The number of fused-ring (bicyclic) bond motifs is 1. The standard InChI is InChI=1S/C14H22N2O4S2/c1-7(2)11(21)12(17)15-8-4-3-5-10-16(13(8)18)9(6-22-10)14(19)20/h7-11,21H,3-6H2,1-2H3,(H,15,17)(H,19,20)/t8-,9-,10+,11-/m0/s1. The predicted octanol–water partition coefficient (Wildman–Crippen LogP) is 0.964. The first-order valence-corrected chi connectivity index (χ1v) is 9.04. The monoisotopic (exact) mass is 346 g/mol. The van der Waals surface area contributed by atoms with E-state index in [1.165, 1.54) is 16.7 Å². The van der Waals surface area contributed by atoms with Gasteiger partial charge in [0.15, 0.2) is 0 Å². The van der Waals surface area contributed by atoms with E-state index in [1.807, 2.05) is 13.8 Å². The van der Waals surface area contributed by atoms with E-state index in [9.17, 15) is 19.5 Å². The van der Waals surface area contributed by atoms with Gasteiger partial charge in [-0.3, -0.25) is 9.59 Å². The van der Waals surface area contributed by atoms with E-state index in [2.05, 4.69) is 17.9 Å². The van der Waals surface area contributed by atoms with Crippen molar-refractivity contribution in [2.24, 2.45) is 5.92 Å². The van der Waals surface area contributed by atoms with Gasteiger partial charge in [-0.25, -0.2) is 4.79 Å². The largest absolute Gasteiger partial charge is 0.480 e. The molecule has 0 aromatic carbocycles. The molecule has 0 bridgehead atoms. The van der Waals surface area contributed by atoms with Gasteiger partial charge in [0.05, 0.1) is 10.6 Å². The zero-order valence-corrected chi connectivity index (χ0v) is 14.4. The summed E-state index contributed by atoms with van der Waals surface area (Å²) in [6.07, 6.45) is 2.10. The summed E-state index contributed by atoms with van der Waals surface area (Å²) < 4.78 is 0. The summed E-state index contributed by atoms with van der Waals surface area (Å²) in [5, 5.41) is 11.5. The Morgan fingerprint density at radius 1 is 1.41 bits per heavy atom. The fourth-order valence-corrected chi connectivity index (χ4v) is 4.29. The van der Waals surface area contributed by atoms with Crippen LogP contribution in [0.3, 0.4) is 0 Å². The fraction of sp³-hybridized carbons (Fsp3) is 0.786. The molecule has 8 heteroatoms. The van der Waals surface area contributed by atoms with Gasteiger partial charge in [-0.15, -0.1) is 11.8 Å². The SMILES string of the molecule is CC(C)[C@H](S)C(=O)N[C@H]1CCC[C@H]2SC[C@@H](C(=O)O)N2C1=O. The van der Waals surface area contributed by atoms with E-state index in [4.69, 9.17) is 0 Å². The molecule has 2 aliphatic rings. The average molecular weight is 346 g/mol. The number of thiol groups is 1. The van der Waals surface area contributed by atoms with Crippen molar-refractivity contribution in [2.45, 2.75) is 55.8 Å². The molecule has 0 saturated carbocycles. The van der Waals surface area contributed by atoms with Crippen molar-refractivity contribution >= 4 is 42.2 Å². The number of rotatable bonds is 4. The van der Waals surface area contributed by atoms with Crippen LogP contribution in [0.15, 0.2) is 0 Å². The van der Waals surface area contributed by atoms with Crippen LogP contribution in [0.5, 0.6) is 0 Å². The Bertz CT molecular complexity index is 472. The molecule has 2 heterocycles.